The number of rotatable bonds is 8. The van der Waals surface area contributed by atoms with Crippen LogP contribution in [0.3, 0.4) is 0 Å². The standard InChI is InChI=1S/C24H21N5O4S/c1-32-20-11-9-19(10-12-20)29-22(17-4-3-13-25-14-17)27-28-24(29)34-15-21(30)26-18-7-5-16(6-8-18)23(31)33-2/h3-14H,15H2,1-2H3,(H,26,30). The van der Waals surface area contributed by atoms with Crippen LogP contribution < -0.4 is 10.1 Å². The topological polar surface area (TPSA) is 108 Å². The Morgan fingerprint density at radius 1 is 1.00 bits per heavy atom. The monoisotopic (exact) mass is 475 g/mol. The number of hydrogen-bond acceptors (Lipinski definition) is 8. The molecule has 0 aliphatic rings. The Morgan fingerprint density at radius 3 is 2.41 bits per heavy atom. The normalized spacial score (nSPS) is 10.5. The molecule has 1 N–H and O–H groups in total. The molecule has 0 spiro atoms. The number of methoxy groups -OCH3 is 2. The summed E-state index contributed by atoms with van der Waals surface area (Å²) < 4.78 is 11.8. The van der Waals surface area contributed by atoms with Gasteiger partial charge in [-0.05, 0) is 60.7 Å². The number of ether oxygens (including phenoxy) is 2. The van der Waals surface area contributed by atoms with Crippen LogP contribution in [0, 0.1) is 0 Å². The van der Waals surface area contributed by atoms with E-state index >= 15 is 0 Å². The van der Waals surface area contributed by atoms with Gasteiger partial charge in [-0.15, -0.1) is 10.2 Å². The molecule has 4 aromatic rings. The summed E-state index contributed by atoms with van der Waals surface area (Å²) in [6.45, 7) is 0. The van der Waals surface area contributed by atoms with Crippen molar-refractivity contribution >= 4 is 29.3 Å². The van der Waals surface area contributed by atoms with Crippen molar-refractivity contribution in [2.24, 2.45) is 0 Å². The van der Waals surface area contributed by atoms with Gasteiger partial charge in [0.2, 0.25) is 5.91 Å². The Balaban J connectivity index is 1.52. The van der Waals surface area contributed by atoms with E-state index in [2.05, 4.69) is 25.2 Å². The van der Waals surface area contributed by atoms with Gasteiger partial charge in [0.05, 0.1) is 25.5 Å². The van der Waals surface area contributed by atoms with Gasteiger partial charge in [-0.3, -0.25) is 14.3 Å². The van der Waals surface area contributed by atoms with Crippen LogP contribution in [0.4, 0.5) is 5.69 Å². The molecule has 172 valence electrons. The summed E-state index contributed by atoms with van der Waals surface area (Å²) in [6, 6.07) is 17.7. The summed E-state index contributed by atoms with van der Waals surface area (Å²) in [5, 5.41) is 12.0. The van der Waals surface area contributed by atoms with E-state index in [9.17, 15) is 9.59 Å². The average molecular weight is 476 g/mol. The number of aromatic nitrogens is 4. The zero-order chi connectivity index (χ0) is 23.9. The van der Waals surface area contributed by atoms with Crippen molar-refractivity contribution in [3.8, 4) is 22.8 Å². The fourth-order valence-electron chi connectivity index (χ4n) is 3.14. The second-order valence-electron chi connectivity index (χ2n) is 6.99. The van der Waals surface area contributed by atoms with Gasteiger partial charge in [-0.1, -0.05) is 11.8 Å². The number of carbonyl (C=O) groups is 2. The maximum absolute atomic E-state index is 12.6. The summed E-state index contributed by atoms with van der Waals surface area (Å²) in [5.41, 5.74) is 2.61. The summed E-state index contributed by atoms with van der Waals surface area (Å²) in [4.78, 5) is 28.3. The van der Waals surface area contributed by atoms with E-state index in [4.69, 9.17) is 4.74 Å². The highest BCUT2D eigenvalue weighted by atomic mass is 32.2. The summed E-state index contributed by atoms with van der Waals surface area (Å²) in [7, 11) is 2.93. The molecular formula is C24H21N5O4S. The minimum Gasteiger partial charge on any atom is -0.497 e. The number of amides is 1. The fourth-order valence-corrected chi connectivity index (χ4v) is 3.90. The first-order valence-corrected chi connectivity index (χ1v) is 11.2. The van der Waals surface area contributed by atoms with E-state index in [0.29, 0.717) is 22.2 Å². The van der Waals surface area contributed by atoms with Crippen molar-refractivity contribution in [3.63, 3.8) is 0 Å². The number of thioether (sulfide) groups is 1. The Bertz CT molecular complexity index is 1280. The lowest BCUT2D eigenvalue weighted by Crippen LogP contribution is -2.14. The zero-order valence-corrected chi connectivity index (χ0v) is 19.3. The minimum absolute atomic E-state index is 0.111. The first-order valence-electron chi connectivity index (χ1n) is 10.2. The summed E-state index contributed by atoms with van der Waals surface area (Å²) >= 11 is 1.26. The highest BCUT2D eigenvalue weighted by Crippen LogP contribution is 2.28. The van der Waals surface area contributed by atoms with Crippen molar-refractivity contribution in [1.29, 1.82) is 0 Å². The van der Waals surface area contributed by atoms with Gasteiger partial charge in [0, 0.05) is 29.3 Å². The first-order chi connectivity index (χ1) is 16.6. The molecular weight excluding hydrogens is 454 g/mol. The molecule has 0 bridgehead atoms. The average Bonchev–Trinajstić information content (AvgIpc) is 3.32. The Morgan fingerprint density at radius 2 is 1.76 bits per heavy atom. The predicted molar refractivity (Wildman–Crippen MR) is 128 cm³/mol. The lowest BCUT2D eigenvalue weighted by atomic mass is 10.2. The molecule has 4 rings (SSSR count). The Kier molecular flexibility index (Phi) is 7.19. The van der Waals surface area contributed by atoms with Crippen molar-refractivity contribution in [2.45, 2.75) is 5.16 Å². The molecule has 2 aromatic heterocycles. The Hall–Kier alpha value is -4.18. The number of esters is 1. The van der Waals surface area contributed by atoms with E-state index in [-0.39, 0.29) is 11.7 Å². The van der Waals surface area contributed by atoms with Gasteiger partial charge in [0.1, 0.15) is 5.75 Å². The lowest BCUT2D eigenvalue weighted by molar-refractivity contribution is -0.113. The quantitative estimate of drug-likeness (QED) is 0.302. The van der Waals surface area contributed by atoms with Crippen LogP contribution in [0.5, 0.6) is 5.75 Å². The lowest BCUT2D eigenvalue weighted by Gasteiger charge is -2.11. The molecule has 0 unspecified atom stereocenters. The molecule has 0 aliphatic heterocycles. The minimum atomic E-state index is -0.435. The van der Waals surface area contributed by atoms with Gasteiger partial charge >= 0.3 is 5.97 Å². The second-order valence-corrected chi connectivity index (χ2v) is 7.93. The van der Waals surface area contributed by atoms with Crippen LogP contribution in [0.1, 0.15) is 10.4 Å². The number of hydrogen-bond donors (Lipinski definition) is 1. The number of benzene rings is 2. The smallest absolute Gasteiger partial charge is 0.337 e. The molecule has 0 atom stereocenters. The maximum Gasteiger partial charge on any atom is 0.337 e. The number of nitrogens with one attached hydrogen (secondary N) is 1. The number of anilines is 1. The molecule has 10 heteroatoms. The molecule has 0 aliphatic carbocycles. The molecule has 0 radical (unpaired) electrons. The molecule has 2 aromatic carbocycles. The third-order valence-corrected chi connectivity index (χ3v) is 5.73. The molecule has 9 nitrogen and oxygen atoms in total. The van der Waals surface area contributed by atoms with Crippen LogP contribution >= 0.6 is 11.8 Å². The SMILES string of the molecule is COC(=O)c1ccc(NC(=O)CSc2nnc(-c3cccnc3)n2-c2ccc(OC)cc2)cc1. The zero-order valence-electron chi connectivity index (χ0n) is 18.5. The van der Waals surface area contributed by atoms with E-state index in [1.165, 1.54) is 18.9 Å². The molecule has 0 fully saturated rings. The van der Waals surface area contributed by atoms with Crippen LogP contribution in [-0.4, -0.2) is 51.6 Å². The van der Waals surface area contributed by atoms with Crippen molar-refractivity contribution < 1.29 is 19.1 Å². The van der Waals surface area contributed by atoms with Crippen molar-refractivity contribution in [1.82, 2.24) is 19.7 Å². The van der Waals surface area contributed by atoms with Crippen LogP contribution in [0.2, 0.25) is 0 Å². The Labute approximate surface area is 200 Å². The van der Waals surface area contributed by atoms with Crippen LogP contribution in [-0.2, 0) is 9.53 Å². The molecule has 0 saturated heterocycles. The van der Waals surface area contributed by atoms with E-state index in [1.54, 1.807) is 43.8 Å². The van der Waals surface area contributed by atoms with Gasteiger partial charge < -0.3 is 14.8 Å². The van der Waals surface area contributed by atoms with Gasteiger partial charge in [-0.25, -0.2) is 4.79 Å². The van der Waals surface area contributed by atoms with Crippen LogP contribution in [0.15, 0.2) is 78.2 Å². The predicted octanol–water partition coefficient (Wildman–Crippen LogP) is 3.86. The summed E-state index contributed by atoms with van der Waals surface area (Å²) in [5.74, 6) is 0.796. The fraction of sp³-hybridized carbons (Fsp3) is 0.125. The first kappa shape index (κ1) is 23.0. The van der Waals surface area contributed by atoms with E-state index in [0.717, 1.165) is 17.0 Å². The van der Waals surface area contributed by atoms with Gasteiger partial charge in [0.25, 0.3) is 0 Å². The number of carbonyl (C=O) groups excluding carboxylic acids is 2. The van der Waals surface area contributed by atoms with Gasteiger partial charge in [0.15, 0.2) is 11.0 Å². The van der Waals surface area contributed by atoms with Crippen molar-refractivity contribution in [2.75, 3.05) is 25.3 Å². The number of nitrogens with zero attached hydrogens (tertiary/aromatic N) is 4. The van der Waals surface area contributed by atoms with Crippen molar-refractivity contribution in [3.05, 3.63) is 78.6 Å². The van der Waals surface area contributed by atoms with Crippen LogP contribution in [0.25, 0.3) is 17.1 Å². The number of pyridine rings is 1. The van der Waals surface area contributed by atoms with Gasteiger partial charge in [-0.2, -0.15) is 0 Å². The molecule has 2 heterocycles. The molecule has 34 heavy (non-hydrogen) atoms. The maximum atomic E-state index is 12.6. The second kappa shape index (κ2) is 10.6. The highest BCUT2D eigenvalue weighted by molar-refractivity contribution is 7.99. The third-order valence-electron chi connectivity index (χ3n) is 4.81. The molecule has 1 amide bonds. The van der Waals surface area contributed by atoms with E-state index < -0.39 is 5.97 Å². The molecule has 0 saturated carbocycles. The highest BCUT2D eigenvalue weighted by Gasteiger charge is 2.18. The third kappa shape index (κ3) is 5.24. The summed E-state index contributed by atoms with van der Waals surface area (Å²) in [6.07, 6.45) is 3.40. The van der Waals surface area contributed by atoms with E-state index in [1.807, 2.05) is 41.0 Å². The largest absolute Gasteiger partial charge is 0.497 e.